The molecule has 2 aliphatic carbocycles. The first kappa shape index (κ1) is 22.5. The number of benzene rings is 2. The highest BCUT2D eigenvalue weighted by Crippen LogP contribution is 2.63. The van der Waals surface area contributed by atoms with Crippen molar-refractivity contribution >= 4 is 27.5 Å². The fourth-order valence-corrected chi connectivity index (χ4v) is 10.4. The van der Waals surface area contributed by atoms with Crippen molar-refractivity contribution in [1.82, 2.24) is 0 Å². The van der Waals surface area contributed by atoms with Crippen LogP contribution >= 0.6 is 11.8 Å². The van der Waals surface area contributed by atoms with Crippen molar-refractivity contribution in [1.29, 1.82) is 5.26 Å². The Balaban J connectivity index is 1.54. The van der Waals surface area contributed by atoms with Crippen LogP contribution in [0, 0.1) is 34.9 Å². The normalized spacial score (nSPS) is 29.8. The van der Waals surface area contributed by atoms with Crippen LogP contribution in [0.25, 0.3) is 0 Å². The molecule has 2 bridgehead atoms. The number of hydrogen-bond donors (Lipinski definition) is 0. The van der Waals surface area contributed by atoms with E-state index in [1.54, 1.807) is 12.1 Å². The van der Waals surface area contributed by atoms with Crippen molar-refractivity contribution in [2.75, 3.05) is 16.6 Å². The van der Waals surface area contributed by atoms with Crippen LogP contribution in [0.1, 0.15) is 30.4 Å². The Hall–Kier alpha value is -2.25. The van der Waals surface area contributed by atoms with Gasteiger partial charge in [-0.2, -0.15) is 18.4 Å². The van der Waals surface area contributed by atoms with Crippen LogP contribution in [0.15, 0.2) is 47.4 Å². The topological polar surface area (TPSA) is 61.2 Å². The van der Waals surface area contributed by atoms with Crippen molar-refractivity contribution < 1.29 is 26.0 Å². The second-order valence-corrected chi connectivity index (χ2v) is 12.1. The van der Waals surface area contributed by atoms with E-state index in [1.165, 1.54) is 36.0 Å². The number of rotatable bonds is 4. The minimum Gasteiger partial charge on any atom is -0.269 e. The van der Waals surface area contributed by atoms with Crippen molar-refractivity contribution in [3.05, 3.63) is 59.4 Å². The van der Waals surface area contributed by atoms with E-state index in [4.69, 9.17) is 5.26 Å². The molecule has 2 saturated carbocycles. The van der Waals surface area contributed by atoms with E-state index < -0.39 is 32.1 Å². The second-order valence-electron chi connectivity index (χ2n) is 8.95. The third-order valence-corrected chi connectivity index (χ3v) is 11.6. The summed E-state index contributed by atoms with van der Waals surface area (Å²) in [6.07, 6.45) is -2.26. The summed E-state index contributed by atoms with van der Waals surface area (Å²) >= 11 is 1.35. The largest absolute Gasteiger partial charge is 0.417 e. The van der Waals surface area contributed by atoms with Crippen LogP contribution in [-0.4, -0.2) is 25.5 Å². The summed E-state index contributed by atoms with van der Waals surface area (Å²) < 4.78 is 81.9. The summed E-state index contributed by atoms with van der Waals surface area (Å²) in [5.41, 5.74) is -1.72. The SMILES string of the molecule is N#Cc1ccc(N2C[C@H]3[C@H]4CC[C@H](C4)[C@@]3(CSc3ccc(F)cc3)S2(=O)=O)cc1C(F)(F)F. The Bertz CT molecular complexity index is 1240. The number of fused-ring (bicyclic) bond motifs is 5. The molecule has 0 unspecified atom stereocenters. The van der Waals surface area contributed by atoms with Crippen molar-refractivity contribution in [3.8, 4) is 6.07 Å². The van der Waals surface area contributed by atoms with Crippen LogP contribution in [0.4, 0.5) is 23.2 Å². The van der Waals surface area contributed by atoms with E-state index in [0.717, 1.165) is 40.6 Å². The summed E-state index contributed by atoms with van der Waals surface area (Å²) in [5.74, 6) is -0.137. The minimum atomic E-state index is -4.77. The zero-order chi connectivity index (χ0) is 23.6. The molecule has 1 aliphatic heterocycles. The van der Waals surface area contributed by atoms with Crippen LogP contribution < -0.4 is 4.31 Å². The van der Waals surface area contributed by atoms with Gasteiger partial charge in [0.15, 0.2) is 0 Å². The number of hydrogen-bond acceptors (Lipinski definition) is 4. The predicted molar refractivity (Wildman–Crippen MR) is 117 cm³/mol. The van der Waals surface area contributed by atoms with Gasteiger partial charge in [-0.05, 0) is 73.6 Å². The lowest BCUT2D eigenvalue weighted by molar-refractivity contribution is -0.137. The highest BCUT2D eigenvalue weighted by Gasteiger charge is 2.70. The molecular formula is C23H20F4N2O2S2. The predicted octanol–water partition coefficient (Wildman–Crippen LogP) is 5.44. The third-order valence-electron chi connectivity index (χ3n) is 7.49. The maximum Gasteiger partial charge on any atom is 0.417 e. The molecular weight excluding hydrogens is 476 g/mol. The van der Waals surface area contributed by atoms with Crippen LogP contribution in [0.3, 0.4) is 0 Å². The maximum atomic E-state index is 14.0. The van der Waals surface area contributed by atoms with Crippen LogP contribution in [0.2, 0.25) is 0 Å². The molecule has 0 radical (unpaired) electrons. The molecule has 1 heterocycles. The number of halogens is 4. The summed E-state index contributed by atoms with van der Waals surface area (Å²) in [6.45, 7) is 0.136. The average Bonchev–Trinajstić information content (AvgIpc) is 3.43. The van der Waals surface area contributed by atoms with Gasteiger partial charge in [0.25, 0.3) is 0 Å². The van der Waals surface area contributed by atoms with Gasteiger partial charge >= 0.3 is 6.18 Å². The maximum absolute atomic E-state index is 14.0. The molecule has 10 heteroatoms. The zero-order valence-electron chi connectivity index (χ0n) is 17.3. The Morgan fingerprint density at radius 1 is 1.15 bits per heavy atom. The van der Waals surface area contributed by atoms with Gasteiger partial charge in [-0.1, -0.05) is 0 Å². The summed E-state index contributed by atoms with van der Waals surface area (Å²) in [7, 11) is -3.98. The van der Waals surface area contributed by atoms with Gasteiger partial charge in [-0.15, -0.1) is 11.8 Å². The molecule has 2 aromatic carbocycles. The van der Waals surface area contributed by atoms with Crippen molar-refractivity contribution in [2.24, 2.45) is 17.8 Å². The Labute approximate surface area is 193 Å². The molecule has 4 nitrogen and oxygen atoms in total. The standard InChI is InChI=1S/C23H20F4N2O2S2/c24-17-4-7-19(8-5-17)32-13-22-16-3-1-14(9-16)21(22)12-29(33(22,30)31)18-6-2-15(11-28)20(10-18)23(25,26)27/h2,4-8,10,14,16,21H,1,3,9,12-13H2/t14-,16+,21-,22+/m0/s1. The first-order valence-corrected chi connectivity index (χ1v) is 13.0. The molecule has 4 atom stereocenters. The number of anilines is 1. The third kappa shape index (κ3) is 3.35. The van der Waals surface area contributed by atoms with E-state index in [9.17, 15) is 26.0 Å². The van der Waals surface area contributed by atoms with E-state index in [-0.39, 0.29) is 41.6 Å². The van der Waals surface area contributed by atoms with E-state index in [0.29, 0.717) is 0 Å². The van der Waals surface area contributed by atoms with Gasteiger partial charge in [0.1, 0.15) is 10.6 Å². The molecule has 174 valence electrons. The van der Waals surface area contributed by atoms with Gasteiger partial charge in [0.2, 0.25) is 10.0 Å². The van der Waals surface area contributed by atoms with Gasteiger partial charge < -0.3 is 0 Å². The summed E-state index contributed by atoms with van der Waals surface area (Å²) in [4.78, 5) is 0.749. The zero-order valence-corrected chi connectivity index (χ0v) is 19.0. The summed E-state index contributed by atoms with van der Waals surface area (Å²) in [5, 5.41) is 9.08. The molecule has 3 fully saturated rings. The number of alkyl halides is 3. The van der Waals surface area contributed by atoms with Gasteiger partial charge in [0.05, 0.1) is 22.9 Å². The first-order valence-electron chi connectivity index (χ1n) is 10.6. The molecule has 1 saturated heterocycles. The number of thioether (sulfide) groups is 1. The smallest absolute Gasteiger partial charge is 0.269 e. The summed E-state index contributed by atoms with van der Waals surface area (Å²) in [6, 6.07) is 10.5. The Morgan fingerprint density at radius 3 is 2.55 bits per heavy atom. The molecule has 3 aliphatic rings. The van der Waals surface area contributed by atoms with Crippen LogP contribution in [0.5, 0.6) is 0 Å². The highest BCUT2D eigenvalue weighted by molar-refractivity contribution is 8.01. The fraction of sp³-hybridized carbons (Fsp3) is 0.435. The van der Waals surface area contributed by atoms with Crippen LogP contribution in [-0.2, 0) is 16.2 Å². The van der Waals surface area contributed by atoms with Gasteiger partial charge in [-0.3, -0.25) is 4.31 Å². The monoisotopic (exact) mass is 496 g/mol. The molecule has 0 N–H and O–H groups in total. The van der Waals surface area contributed by atoms with Gasteiger partial charge in [-0.25, -0.2) is 12.8 Å². The Kier molecular flexibility index (Phi) is 5.21. The molecule has 5 rings (SSSR count). The molecule has 2 aromatic rings. The molecule has 0 aromatic heterocycles. The van der Waals surface area contributed by atoms with Crippen molar-refractivity contribution in [3.63, 3.8) is 0 Å². The Morgan fingerprint density at radius 2 is 1.88 bits per heavy atom. The fourth-order valence-electron chi connectivity index (χ4n) is 6.00. The lowest BCUT2D eigenvalue weighted by Crippen LogP contribution is -2.49. The quantitative estimate of drug-likeness (QED) is 0.418. The van der Waals surface area contributed by atoms with E-state index in [1.807, 2.05) is 0 Å². The molecule has 0 amide bonds. The second kappa shape index (κ2) is 7.64. The van der Waals surface area contributed by atoms with Crippen molar-refractivity contribution in [2.45, 2.75) is 35.1 Å². The lowest BCUT2D eigenvalue weighted by atomic mass is 9.79. The average molecular weight is 497 g/mol. The number of sulfonamides is 1. The highest BCUT2D eigenvalue weighted by atomic mass is 32.2. The van der Waals surface area contributed by atoms with E-state index >= 15 is 0 Å². The first-order chi connectivity index (χ1) is 15.6. The minimum absolute atomic E-state index is 0.0544. The molecule has 0 spiro atoms. The van der Waals surface area contributed by atoms with Gasteiger partial charge in [0, 0.05) is 23.1 Å². The molecule has 33 heavy (non-hydrogen) atoms. The lowest BCUT2D eigenvalue weighted by Gasteiger charge is -2.37. The number of nitriles is 1. The van der Waals surface area contributed by atoms with E-state index in [2.05, 4.69) is 0 Å². The number of nitrogens with zero attached hydrogens (tertiary/aromatic N) is 2.